The molecule has 0 atom stereocenters. The number of methoxy groups -OCH3 is 1. The highest BCUT2D eigenvalue weighted by atomic mass is 16.5. The van der Waals surface area contributed by atoms with Crippen LogP contribution in [0.4, 0.5) is 0 Å². The molecular weight excluding hydrogens is 362 g/mol. The zero-order valence-corrected chi connectivity index (χ0v) is 15.9. The van der Waals surface area contributed by atoms with Gasteiger partial charge < -0.3 is 14.8 Å². The average Bonchev–Trinajstić information content (AvgIpc) is 3.11. The van der Waals surface area contributed by atoms with Gasteiger partial charge in [-0.15, -0.1) is 5.10 Å². The van der Waals surface area contributed by atoms with E-state index in [9.17, 15) is 9.59 Å². The second-order valence-corrected chi connectivity index (χ2v) is 6.17. The van der Waals surface area contributed by atoms with Gasteiger partial charge in [-0.1, -0.05) is 18.2 Å². The average molecular weight is 383 g/mol. The van der Waals surface area contributed by atoms with Crippen LogP contribution >= 0.6 is 0 Å². The first-order valence-electron chi connectivity index (χ1n) is 8.74. The number of hydrogen-bond donors (Lipinski definition) is 1. The molecule has 2 aromatic heterocycles. The predicted octanol–water partition coefficient (Wildman–Crippen LogP) is 1.27. The van der Waals surface area contributed by atoms with E-state index in [2.05, 4.69) is 20.4 Å². The number of nitrogens with one attached hydrogen (secondary N) is 1. The molecule has 9 nitrogen and oxygen atoms in total. The fourth-order valence-corrected chi connectivity index (χ4v) is 2.75. The van der Waals surface area contributed by atoms with Crippen molar-refractivity contribution >= 4 is 17.7 Å². The van der Waals surface area contributed by atoms with Crippen molar-refractivity contribution < 1.29 is 19.1 Å². The van der Waals surface area contributed by atoms with Gasteiger partial charge >= 0.3 is 5.97 Å². The Morgan fingerprint density at radius 3 is 2.75 bits per heavy atom. The zero-order chi connectivity index (χ0) is 20.1. The van der Waals surface area contributed by atoms with Crippen molar-refractivity contribution in [2.75, 3.05) is 20.3 Å². The van der Waals surface area contributed by atoms with Crippen LogP contribution in [-0.2, 0) is 16.0 Å². The molecule has 0 saturated carbocycles. The number of hydrogen-bond acceptors (Lipinski definition) is 7. The number of carbonyl (C=O) groups excluding carboxylic acids is 2. The summed E-state index contributed by atoms with van der Waals surface area (Å²) in [6.45, 7) is 3.65. The van der Waals surface area contributed by atoms with E-state index in [4.69, 9.17) is 9.47 Å². The summed E-state index contributed by atoms with van der Waals surface area (Å²) >= 11 is 0. The molecule has 2 heterocycles. The molecule has 0 radical (unpaired) electrons. The number of ether oxygens (including phenoxy) is 2. The highest BCUT2D eigenvalue weighted by molar-refractivity contribution is 5.88. The maximum absolute atomic E-state index is 12.1. The lowest BCUT2D eigenvalue weighted by Gasteiger charge is -2.09. The predicted molar refractivity (Wildman–Crippen MR) is 100 cm³/mol. The first kappa shape index (κ1) is 19.3. The maximum Gasteiger partial charge on any atom is 0.378 e. The molecule has 3 rings (SSSR count). The lowest BCUT2D eigenvalue weighted by Crippen LogP contribution is -2.30. The lowest BCUT2D eigenvalue weighted by molar-refractivity contribution is -0.124. The van der Waals surface area contributed by atoms with Gasteiger partial charge in [-0.25, -0.2) is 14.3 Å². The van der Waals surface area contributed by atoms with Gasteiger partial charge in [0.05, 0.1) is 7.11 Å². The number of nitrogens with zero attached hydrogens (tertiary/aromatic N) is 4. The smallest absolute Gasteiger partial charge is 0.378 e. The first-order chi connectivity index (χ1) is 13.5. The third kappa shape index (κ3) is 4.43. The Morgan fingerprint density at radius 1 is 1.18 bits per heavy atom. The number of para-hydroxylation sites is 1. The van der Waals surface area contributed by atoms with Crippen LogP contribution in [-0.4, -0.2) is 51.7 Å². The minimum atomic E-state index is -0.776. The van der Waals surface area contributed by atoms with Gasteiger partial charge in [0.25, 0.3) is 17.5 Å². The number of carbonyl (C=O) groups is 2. The van der Waals surface area contributed by atoms with Crippen molar-refractivity contribution in [3.63, 3.8) is 0 Å². The molecular formula is C19H21N5O4. The van der Waals surface area contributed by atoms with Crippen LogP contribution < -0.4 is 10.1 Å². The standard InChI is InChI=1S/C19H21N5O4/c1-12-10-13(2)24-19(21-12)22-17(23-24)18(26)28-11-16(25)20-9-8-14-6-4-5-7-15(14)27-3/h4-7,10H,8-9,11H2,1-3H3,(H,20,25). The molecule has 0 aliphatic carbocycles. The molecule has 9 heteroatoms. The fraction of sp³-hybridized carbons (Fsp3) is 0.316. The van der Waals surface area contributed by atoms with Crippen molar-refractivity contribution in [1.29, 1.82) is 0 Å². The van der Waals surface area contributed by atoms with E-state index in [-0.39, 0.29) is 5.82 Å². The van der Waals surface area contributed by atoms with E-state index < -0.39 is 18.5 Å². The number of rotatable bonds is 7. The Labute approximate surface area is 161 Å². The Kier molecular flexibility index (Phi) is 5.83. The zero-order valence-electron chi connectivity index (χ0n) is 15.9. The monoisotopic (exact) mass is 383 g/mol. The lowest BCUT2D eigenvalue weighted by atomic mass is 10.1. The minimum Gasteiger partial charge on any atom is -0.496 e. The number of fused-ring (bicyclic) bond motifs is 1. The second-order valence-electron chi connectivity index (χ2n) is 6.17. The van der Waals surface area contributed by atoms with Crippen LogP contribution in [0.5, 0.6) is 5.75 Å². The normalized spacial score (nSPS) is 10.7. The van der Waals surface area contributed by atoms with E-state index in [1.807, 2.05) is 44.2 Å². The van der Waals surface area contributed by atoms with E-state index in [1.165, 1.54) is 4.52 Å². The van der Waals surface area contributed by atoms with Crippen molar-refractivity contribution in [3.05, 3.63) is 53.1 Å². The van der Waals surface area contributed by atoms with Crippen molar-refractivity contribution in [1.82, 2.24) is 24.9 Å². The summed E-state index contributed by atoms with van der Waals surface area (Å²) in [5.41, 5.74) is 2.55. The molecule has 0 aliphatic heterocycles. The summed E-state index contributed by atoms with van der Waals surface area (Å²) in [4.78, 5) is 32.3. The summed E-state index contributed by atoms with van der Waals surface area (Å²) in [6.07, 6.45) is 0.599. The number of amides is 1. The van der Waals surface area contributed by atoms with Crippen molar-refractivity contribution in [2.24, 2.45) is 0 Å². The molecule has 0 fully saturated rings. The Morgan fingerprint density at radius 2 is 1.96 bits per heavy atom. The fourth-order valence-electron chi connectivity index (χ4n) is 2.75. The van der Waals surface area contributed by atoms with Gasteiger partial charge in [0.1, 0.15) is 5.75 Å². The largest absolute Gasteiger partial charge is 0.496 e. The molecule has 146 valence electrons. The van der Waals surface area contributed by atoms with Gasteiger partial charge in [0.2, 0.25) is 0 Å². The number of aromatic nitrogens is 4. The van der Waals surface area contributed by atoms with Gasteiger partial charge in [0.15, 0.2) is 6.61 Å². The van der Waals surface area contributed by atoms with E-state index >= 15 is 0 Å². The Bertz CT molecular complexity index is 1010. The molecule has 0 aliphatic rings. The van der Waals surface area contributed by atoms with E-state index in [0.29, 0.717) is 18.7 Å². The minimum absolute atomic E-state index is 0.136. The van der Waals surface area contributed by atoms with Gasteiger partial charge in [-0.3, -0.25) is 4.79 Å². The highest BCUT2D eigenvalue weighted by Gasteiger charge is 2.17. The van der Waals surface area contributed by atoms with Gasteiger partial charge in [-0.2, -0.15) is 4.98 Å². The van der Waals surface area contributed by atoms with Crippen molar-refractivity contribution in [2.45, 2.75) is 20.3 Å². The van der Waals surface area contributed by atoms with Gasteiger partial charge in [0, 0.05) is 17.9 Å². The SMILES string of the molecule is COc1ccccc1CCNC(=O)COC(=O)c1nc2nc(C)cc(C)n2n1. The Balaban J connectivity index is 1.50. The molecule has 1 amide bonds. The number of esters is 1. The van der Waals surface area contributed by atoms with Crippen LogP contribution in [0.2, 0.25) is 0 Å². The van der Waals surface area contributed by atoms with Crippen LogP contribution in [0.15, 0.2) is 30.3 Å². The first-order valence-corrected chi connectivity index (χ1v) is 8.74. The van der Waals surface area contributed by atoms with Crippen molar-refractivity contribution in [3.8, 4) is 5.75 Å². The van der Waals surface area contributed by atoms with Crippen LogP contribution in [0.3, 0.4) is 0 Å². The third-order valence-corrected chi connectivity index (χ3v) is 4.04. The number of benzene rings is 1. The topological polar surface area (TPSA) is 108 Å². The molecule has 0 spiro atoms. The molecule has 0 unspecified atom stereocenters. The third-order valence-electron chi connectivity index (χ3n) is 4.04. The van der Waals surface area contributed by atoms with Crippen LogP contribution in [0.1, 0.15) is 27.6 Å². The molecule has 1 N–H and O–H groups in total. The summed E-state index contributed by atoms with van der Waals surface area (Å²) in [7, 11) is 1.60. The maximum atomic E-state index is 12.1. The number of aryl methyl sites for hydroxylation is 2. The summed E-state index contributed by atoms with van der Waals surface area (Å²) < 4.78 is 11.7. The Hall–Kier alpha value is -3.49. The van der Waals surface area contributed by atoms with E-state index in [0.717, 1.165) is 22.7 Å². The quantitative estimate of drug-likeness (QED) is 0.612. The van der Waals surface area contributed by atoms with Crippen LogP contribution in [0.25, 0.3) is 5.78 Å². The summed E-state index contributed by atoms with van der Waals surface area (Å²) in [5, 5.41) is 6.78. The molecule has 1 aromatic carbocycles. The molecule has 3 aromatic rings. The second kappa shape index (κ2) is 8.47. The molecule has 0 bridgehead atoms. The summed E-state index contributed by atoms with van der Waals surface area (Å²) in [5.74, 6) is -0.242. The van der Waals surface area contributed by atoms with Gasteiger partial charge in [-0.05, 0) is 38.0 Å². The highest BCUT2D eigenvalue weighted by Crippen LogP contribution is 2.17. The molecule has 0 saturated heterocycles. The van der Waals surface area contributed by atoms with E-state index in [1.54, 1.807) is 7.11 Å². The molecule has 28 heavy (non-hydrogen) atoms. The summed E-state index contributed by atoms with van der Waals surface area (Å²) in [6, 6.07) is 9.40. The van der Waals surface area contributed by atoms with Crippen LogP contribution in [0, 0.1) is 13.8 Å².